The first-order chi connectivity index (χ1) is 70.4. The molecular weight excluding hydrogens is 1720 g/mol. The molecule has 6 nitrogen and oxygen atoms in total. The molecule has 0 unspecified atom stereocenters. The lowest BCUT2D eigenvalue weighted by molar-refractivity contribution is 1.18. The summed E-state index contributed by atoms with van der Waals surface area (Å²) in [7, 11) is 0. The van der Waals surface area contributed by atoms with Crippen molar-refractivity contribution in [3.63, 3.8) is 0 Å². The molecule has 0 N–H and O–H groups in total. The third-order valence-corrected chi connectivity index (χ3v) is 29.0. The first kappa shape index (κ1) is 82.6. The van der Waals surface area contributed by atoms with Crippen LogP contribution in [0.25, 0.3) is 254 Å². The van der Waals surface area contributed by atoms with Crippen LogP contribution in [0.15, 0.2) is 546 Å². The zero-order valence-corrected chi connectivity index (χ0v) is 77.6. The van der Waals surface area contributed by atoms with Crippen LogP contribution in [-0.2, 0) is 0 Å². The standard InChI is InChI=1S/C48H32N2.C46H30N2.C42H28N2/c1-3-12-33(13-4-1)36-14-11-17-40(30-36)50-46-21-10-8-19-42(46)44-32-38(27-29-48(44)50)35-24-22-34(23-25-35)37-26-28-47-43(31-37)41-18-7-9-20-45(41)49(47)39-15-5-2-6-16-39;1-2-12-37(13-3-1)47-43-16-8-6-14-39(43)41-29-35(23-26-45(41)47)32-18-20-33(21-19-32)36-24-27-46-42(30-36)40-15-7-9-17-44(40)48(46)38-25-22-31-10-4-5-11-34(31)28-38;1-3-11-33(12-4-1)43-39-17-9-7-15-35(39)37-27-31(23-25-41(37)43)29-19-21-30(22-20-29)32-24-26-42-38(28-32)36-16-8-10-18-40(36)44(42)34-13-5-2-6-14-34/h1-32H;1-30H;1-28H. The van der Waals surface area contributed by atoms with Gasteiger partial charge in [-0.15, -0.1) is 0 Å². The Kier molecular flexibility index (Phi) is 20.2. The molecule has 0 amide bonds. The fourth-order valence-electron chi connectivity index (χ4n) is 22.2. The van der Waals surface area contributed by atoms with Crippen LogP contribution in [0.2, 0.25) is 0 Å². The van der Waals surface area contributed by atoms with E-state index < -0.39 is 0 Å². The van der Waals surface area contributed by atoms with Crippen molar-refractivity contribution >= 4 is 142 Å². The van der Waals surface area contributed by atoms with E-state index in [-0.39, 0.29) is 0 Å². The van der Waals surface area contributed by atoms with E-state index in [0.29, 0.717) is 0 Å². The Labute approximate surface area is 821 Å². The van der Waals surface area contributed by atoms with Crippen molar-refractivity contribution in [1.29, 1.82) is 0 Å². The molecule has 0 radical (unpaired) electrons. The molecular formula is C136H90N6. The molecule has 0 saturated heterocycles. The number of nitrogens with zero attached hydrogens (tertiary/aromatic N) is 6. The first-order valence-corrected chi connectivity index (χ1v) is 48.8. The SMILES string of the molecule is c1ccc(-c2cccc(-n3c4ccccc4c4cc(-c5ccc(-c6ccc7c(c6)c6ccccc6n7-c6ccccc6)cc5)ccc43)c2)cc1.c1ccc(-n2c3ccccc3c3cc(-c4ccc(-c5ccc6c(c5)c5ccccc5n6-c5ccc6ccccc6c5)cc4)ccc32)cc1.c1ccc(-n2c3ccccc3c3cc(-c4ccc(-c5ccc6c(c5)c5ccccc5n6-c5ccccc5)cc4)ccc32)cc1. The van der Waals surface area contributed by atoms with Gasteiger partial charge in [0.1, 0.15) is 0 Å². The monoisotopic (exact) mass is 1810 g/mol. The van der Waals surface area contributed by atoms with Gasteiger partial charge < -0.3 is 27.4 Å². The minimum Gasteiger partial charge on any atom is -0.309 e. The highest BCUT2D eigenvalue weighted by Crippen LogP contribution is 2.45. The minimum atomic E-state index is 1.17. The molecule has 29 rings (SSSR count). The zero-order valence-electron chi connectivity index (χ0n) is 77.6. The lowest BCUT2D eigenvalue weighted by atomic mass is 9.98. The molecule has 0 fully saturated rings. The van der Waals surface area contributed by atoms with Gasteiger partial charge in [-0.25, -0.2) is 0 Å². The number of hydrogen-bond acceptors (Lipinski definition) is 0. The summed E-state index contributed by atoms with van der Waals surface area (Å²) in [4.78, 5) is 0. The highest BCUT2D eigenvalue weighted by Gasteiger charge is 2.23. The average molecular weight is 1810 g/mol. The summed E-state index contributed by atoms with van der Waals surface area (Å²) < 4.78 is 14.3. The molecule has 0 atom stereocenters. The van der Waals surface area contributed by atoms with Gasteiger partial charge in [0.2, 0.25) is 0 Å². The molecule has 0 bridgehead atoms. The Morgan fingerprint density at radius 3 is 0.528 bits per heavy atom. The van der Waals surface area contributed by atoms with Crippen LogP contribution in [0, 0.1) is 0 Å². The van der Waals surface area contributed by atoms with Crippen molar-refractivity contribution in [1.82, 2.24) is 27.4 Å². The van der Waals surface area contributed by atoms with Crippen molar-refractivity contribution in [2.24, 2.45) is 0 Å². The normalized spacial score (nSPS) is 11.7. The highest BCUT2D eigenvalue weighted by molar-refractivity contribution is 6.17. The van der Waals surface area contributed by atoms with Gasteiger partial charge in [-0.2, -0.15) is 0 Å². The van der Waals surface area contributed by atoms with Crippen LogP contribution in [0.1, 0.15) is 0 Å². The first-order valence-electron chi connectivity index (χ1n) is 48.8. The van der Waals surface area contributed by atoms with Crippen LogP contribution in [-0.4, -0.2) is 27.4 Å². The maximum atomic E-state index is 2.40. The molecule has 0 spiro atoms. The summed E-state index contributed by atoms with van der Waals surface area (Å²) in [6, 6.07) is 198. The summed E-state index contributed by atoms with van der Waals surface area (Å²) >= 11 is 0. The zero-order chi connectivity index (χ0) is 93.7. The summed E-state index contributed by atoms with van der Waals surface area (Å²) in [5.41, 5.74) is 38.8. The summed E-state index contributed by atoms with van der Waals surface area (Å²) in [6.45, 7) is 0. The van der Waals surface area contributed by atoms with E-state index in [4.69, 9.17) is 0 Å². The molecule has 664 valence electrons. The molecule has 23 aromatic carbocycles. The molecule has 6 aromatic heterocycles. The van der Waals surface area contributed by atoms with Crippen molar-refractivity contribution in [2.75, 3.05) is 0 Å². The van der Waals surface area contributed by atoms with Crippen LogP contribution < -0.4 is 0 Å². The van der Waals surface area contributed by atoms with E-state index in [2.05, 4.69) is 573 Å². The van der Waals surface area contributed by atoms with E-state index >= 15 is 0 Å². The Balaban J connectivity index is 0.000000107. The van der Waals surface area contributed by atoms with E-state index in [1.807, 2.05) is 0 Å². The Bertz CT molecular complexity index is 9750. The van der Waals surface area contributed by atoms with Gasteiger partial charge in [0.05, 0.1) is 66.2 Å². The van der Waals surface area contributed by atoms with Gasteiger partial charge in [0.15, 0.2) is 0 Å². The number of rotatable bonds is 13. The highest BCUT2D eigenvalue weighted by atomic mass is 15.0. The summed E-state index contributed by atoms with van der Waals surface area (Å²) in [6.07, 6.45) is 0. The van der Waals surface area contributed by atoms with Gasteiger partial charge in [0.25, 0.3) is 0 Å². The number of aromatic nitrogens is 6. The molecule has 0 aliphatic carbocycles. The predicted molar refractivity (Wildman–Crippen MR) is 601 cm³/mol. The molecule has 6 heteroatoms. The van der Waals surface area contributed by atoms with Crippen LogP contribution >= 0.6 is 0 Å². The van der Waals surface area contributed by atoms with Crippen molar-refractivity contribution in [3.05, 3.63) is 546 Å². The average Bonchev–Trinajstić information content (AvgIpc) is 1.43. The van der Waals surface area contributed by atoms with Crippen LogP contribution in [0.5, 0.6) is 0 Å². The summed E-state index contributed by atoms with van der Waals surface area (Å²) in [5, 5.41) is 17.7. The molecule has 0 saturated carbocycles. The fourth-order valence-corrected chi connectivity index (χ4v) is 22.2. The number of benzene rings is 23. The molecule has 29 aromatic rings. The van der Waals surface area contributed by atoms with Crippen molar-refractivity contribution in [3.8, 4) is 112 Å². The van der Waals surface area contributed by atoms with Crippen LogP contribution in [0.4, 0.5) is 0 Å². The van der Waals surface area contributed by atoms with Gasteiger partial charge >= 0.3 is 0 Å². The van der Waals surface area contributed by atoms with Gasteiger partial charge in [-0.05, 0) is 271 Å². The van der Waals surface area contributed by atoms with Crippen molar-refractivity contribution < 1.29 is 0 Å². The largest absolute Gasteiger partial charge is 0.309 e. The minimum absolute atomic E-state index is 1.17. The molecule has 142 heavy (non-hydrogen) atoms. The van der Waals surface area contributed by atoms with E-state index in [0.717, 1.165) is 0 Å². The van der Waals surface area contributed by atoms with Gasteiger partial charge in [-0.3, -0.25) is 0 Å². The number of para-hydroxylation sites is 10. The van der Waals surface area contributed by atoms with Crippen molar-refractivity contribution in [2.45, 2.75) is 0 Å². The molecule has 6 heterocycles. The van der Waals surface area contributed by atoms with E-state index in [9.17, 15) is 0 Å². The smallest absolute Gasteiger partial charge is 0.0541 e. The Morgan fingerprint density at radius 1 is 0.0845 bits per heavy atom. The van der Waals surface area contributed by atoms with E-state index in [1.54, 1.807) is 0 Å². The third-order valence-electron chi connectivity index (χ3n) is 29.0. The lowest BCUT2D eigenvalue weighted by Gasteiger charge is -2.11. The number of fused-ring (bicyclic) bond motifs is 19. The molecule has 0 aliphatic heterocycles. The fraction of sp³-hybridized carbons (Fsp3) is 0. The van der Waals surface area contributed by atoms with Gasteiger partial charge in [-0.1, -0.05) is 364 Å². The second kappa shape index (κ2) is 34.7. The van der Waals surface area contributed by atoms with Crippen LogP contribution in [0.3, 0.4) is 0 Å². The predicted octanol–water partition coefficient (Wildman–Crippen LogP) is 36.5. The Hall–Kier alpha value is -18.9. The third kappa shape index (κ3) is 14.3. The summed E-state index contributed by atoms with van der Waals surface area (Å²) in [5.74, 6) is 0. The molecule has 0 aliphatic rings. The maximum absolute atomic E-state index is 2.40. The Morgan fingerprint density at radius 2 is 0.261 bits per heavy atom. The quantitative estimate of drug-likeness (QED) is 0.110. The van der Waals surface area contributed by atoms with E-state index in [1.165, 1.54) is 254 Å². The second-order valence-corrected chi connectivity index (χ2v) is 37.0. The lowest BCUT2D eigenvalue weighted by Crippen LogP contribution is -1.94. The maximum Gasteiger partial charge on any atom is 0.0541 e. The van der Waals surface area contributed by atoms with Gasteiger partial charge in [0, 0.05) is 98.8 Å². The second-order valence-electron chi connectivity index (χ2n) is 37.0. The number of hydrogen-bond donors (Lipinski definition) is 0. The topological polar surface area (TPSA) is 29.6 Å².